The average molecular weight is 158 g/mol. The lowest BCUT2D eigenvalue weighted by atomic mass is 9.89. The van der Waals surface area contributed by atoms with Gasteiger partial charge in [0.05, 0.1) is 0 Å². The Morgan fingerprint density at radius 1 is 1.18 bits per heavy atom. The van der Waals surface area contributed by atoms with Gasteiger partial charge in [0.25, 0.3) is 6.08 Å². The van der Waals surface area contributed by atoms with E-state index in [4.69, 9.17) is 0 Å². The highest BCUT2D eigenvalue weighted by Crippen LogP contribution is 2.49. The molecule has 0 saturated heterocycles. The molecule has 11 heavy (non-hydrogen) atoms. The fraction of sp³-hybridized carbons (Fsp3) is 0.778. The Balaban J connectivity index is 2.03. The van der Waals surface area contributed by atoms with Crippen LogP contribution < -0.4 is 0 Å². The number of allylic oxidation sites excluding steroid dienone is 1. The molecule has 2 aliphatic rings. The molecule has 0 aromatic carbocycles. The van der Waals surface area contributed by atoms with Crippen LogP contribution in [0.15, 0.2) is 12.2 Å². The molecule has 2 bridgehead atoms. The smallest absolute Gasteiger partial charge is 0.174 e. The summed E-state index contributed by atoms with van der Waals surface area (Å²) < 4.78 is 23.7. The summed E-state index contributed by atoms with van der Waals surface area (Å²) in [6, 6.07) is 0. The number of fused-ring (bicyclic) bond motifs is 2. The minimum absolute atomic E-state index is 0.207. The molecule has 2 saturated carbocycles. The van der Waals surface area contributed by atoms with Gasteiger partial charge in [-0.25, -0.2) is 0 Å². The molecule has 62 valence electrons. The summed E-state index contributed by atoms with van der Waals surface area (Å²) in [4.78, 5) is 0. The molecule has 3 atom stereocenters. The lowest BCUT2D eigenvalue weighted by Crippen LogP contribution is -2.07. The van der Waals surface area contributed by atoms with E-state index in [-0.39, 0.29) is 5.92 Å². The third-order valence-electron chi connectivity index (χ3n) is 3.13. The van der Waals surface area contributed by atoms with Gasteiger partial charge in [0, 0.05) is 0 Å². The first-order valence-electron chi connectivity index (χ1n) is 4.28. The summed E-state index contributed by atoms with van der Waals surface area (Å²) in [6.45, 7) is 0. The quantitative estimate of drug-likeness (QED) is 0.549. The van der Waals surface area contributed by atoms with Gasteiger partial charge in [0.1, 0.15) is 0 Å². The SMILES string of the molecule is FC(F)=C[C@H]1C[C@@H]2CC[C@@H]1C2. The van der Waals surface area contributed by atoms with Crippen molar-refractivity contribution in [2.75, 3.05) is 0 Å². The fourth-order valence-corrected chi connectivity index (χ4v) is 2.66. The summed E-state index contributed by atoms with van der Waals surface area (Å²) in [5.74, 6) is 1.56. The van der Waals surface area contributed by atoms with Gasteiger partial charge in [-0.1, -0.05) is 6.42 Å². The number of hydrogen-bond donors (Lipinski definition) is 0. The van der Waals surface area contributed by atoms with Crippen LogP contribution in [0.1, 0.15) is 25.7 Å². The number of rotatable bonds is 1. The normalized spacial score (nSPS) is 41.1. The molecular formula is C9H12F2. The summed E-state index contributed by atoms with van der Waals surface area (Å²) in [5, 5.41) is 0. The van der Waals surface area contributed by atoms with E-state index in [2.05, 4.69) is 0 Å². The van der Waals surface area contributed by atoms with Gasteiger partial charge in [0.2, 0.25) is 0 Å². The monoisotopic (exact) mass is 158 g/mol. The molecule has 0 aromatic heterocycles. The van der Waals surface area contributed by atoms with Gasteiger partial charge in [-0.05, 0) is 43.1 Å². The molecule has 0 aromatic rings. The highest BCUT2D eigenvalue weighted by molar-refractivity contribution is 5.00. The lowest BCUT2D eigenvalue weighted by molar-refractivity contribution is 0.359. The summed E-state index contributed by atoms with van der Waals surface area (Å²) in [6.07, 6.45) is 4.37. The maximum atomic E-state index is 11.9. The van der Waals surface area contributed by atoms with Crippen molar-refractivity contribution in [3.05, 3.63) is 12.2 Å². The van der Waals surface area contributed by atoms with Crippen LogP contribution in [0.2, 0.25) is 0 Å². The number of hydrogen-bond acceptors (Lipinski definition) is 0. The molecule has 0 nitrogen and oxygen atoms in total. The van der Waals surface area contributed by atoms with E-state index in [0.717, 1.165) is 12.3 Å². The van der Waals surface area contributed by atoms with E-state index in [1.54, 1.807) is 0 Å². The third kappa shape index (κ3) is 1.31. The molecule has 2 rings (SSSR count). The highest BCUT2D eigenvalue weighted by Gasteiger charge is 2.38. The molecule has 2 heteroatoms. The van der Waals surface area contributed by atoms with E-state index in [1.165, 1.54) is 25.3 Å². The van der Waals surface area contributed by atoms with Gasteiger partial charge in [-0.15, -0.1) is 0 Å². The Bertz CT molecular complexity index is 182. The first-order chi connectivity index (χ1) is 5.25. The zero-order chi connectivity index (χ0) is 7.84. The van der Waals surface area contributed by atoms with Crippen molar-refractivity contribution < 1.29 is 8.78 Å². The van der Waals surface area contributed by atoms with Crippen LogP contribution in [0.3, 0.4) is 0 Å². The Hall–Kier alpha value is -0.400. The summed E-state index contributed by atoms with van der Waals surface area (Å²) in [7, 11) is 0. The summed E-state index contributed by atoms with van der Waals surface area (Å²) >= 11 is 0. The van der Waals surface area contributed by atoms with Crippen LogP contribution in [-0.4, -0.2) is 0 Å². The van der Waals surface area contributed by atoms with Crippen LogP contribution >= 0.6 is 0 Å². The van der Waals surface area contributed by atoms with Crippen molar-refractivity contribution in [3.63, 3.8) is 0 Å². The van der Waals surface area contributed by atoms with Crippen LogP contribution in [0.5, 0.6) is 0 Å². The molecule has 0 spiro atoms. The van der Waals surface area contributed by atoms with Gasteiger partial charge in [-0.2, -0.15) is 8.78 Å². The van der Waals surface area contributed by atoms with Crippen molar-refractivity contribution in [1.82, 2.24) is 0 Å². The Morgan fingerprint density at radius 3 is 2.45 bits per heavy atom. The topological polar surface area (TPSA) is 0 Å². The van der Waals surface area contributed by atoms with Crippen molar-refractivity contribution in [1.29, 1.82) is 0 Å². The number of halogens is 2. The molecule has 0 aliphatic heterocycles. The first-order valence-corrected chi connectivity index (χ1v) is 4.28. The highest BCUT2D eigenvalue weighted by atomic mass is 19.3. The minimum atomic E-state index is -1.48. The Labute approximate surface area is 65.3 Å². The molecular weight excluding hydrogens is 146 g/mol. The Kier molecular flexibility index (Phi) is 1.70. The maximum absolute atomic E-state index is 11.9. The van der Waals surface area contributed by atoms with Crippen LogP contribution in [0.4, 0.5) is 8.78 Å². The molecule has 2 aliphatic carbocycles. The van der Waals surface area contributed by atoms with Gasteiger partial charge < -0.3 is 0 Å². The summed E-state index contributed by atoms with van der Waals surface area (Å²) in [5.41, 5.74) is 0. The second-order valence-corrected chi connectivity index (χ2v) is 3.80. The van der Waals surface area contributed by atoms with E-state index >= 15 is 0 Å². The van der Waals surface area contributed by atoms with Crippen molar-refractivity contribution >= 4 is 0 Å². The molecule has 0 unspecified atom stereocenters. The predicted molar refractivity (Wildman–Crippen MR) is 39.2 cm³/mol. The van der Waals surface area contributed by atoms with E-state index < -0.39 is 6.08 Å². The second-order valence-electron chi connectivity index (χ2n) is 3.80. The largest absolute Gasteiger partial charge is 0.266 e. The first kappa shape index (κ1) is 7.26. The van der Waals surface area contributed by atoms with E-state index in [0.29, 0.717) is 5.92 Å². The van der Waals surface area contributed by atoms with Crippen LogP contribution in [0.25, 0.3) is 0 Å². The van der Waals surface area contributed by atoms with Crippen molar-refractivity contribution in [2.45, 2.75) is 25.7 Å². The van der Waals surface area contributed by atoms with Crippen molar-refractivity contribution in [2.24, 2.45) is 17.8 Å². The van der Waals surface area contributed by atoms with Crippen LogP contribution in [0, 0.1) is 17.8 Å². The minimum Gasteiger partial charge on any atom is -0.174 e. The fourth-order valence-electron chi connectivity index (χ4n) is 2.66. The van der Waals surface area contributed by atoms with E-state index in [1.807, 2.05) is 0 Å². The van der Waals surface area contributed by atoms with Gasteiger partial charge in [0.15, 0.2) is 0 Å². The van der Waals surface area contributed by atoms with Crippen molar-refractivity contribution in [3.8, 4) is 0 Å². The lowest BCUT2D eigenvalue weighted by Gasteiger charge is -2.16. The van der Waals surface area contributed by atoms with E-state index in [9.17, 15) is 8.78 Å². The van der Waals surface area contributed by atoms with Gasteiger partial charge in [-0.3, -0.25) is 0 Å². The third-order valence-corrected chi connectivity index (χ3v) is 3.13. The van der Waals surface area contributed by atoms with Crippen LogP contribution in [-0.2, 0) is 0 Å². The molecule has 0 amide bonds. The second kappa shape index (κ2) is 2.58. The predicted octanol–water partition coefficient (Wildman–Crippen LogP) is 3.20. The maximum Gasteiger partial charge on any atom is 0.266 e. The zero-order valence-corrected chi connectivity index (χ0v) is 6.39. The zero-order valence-electron chi connectivity index (χ0n) is 6.39. The molecule has 0 heterocycles. The Morgan fingerprint density at radius 2 is 2.00 bits per heavy atom. The standard InChI is InChI=1S/C9H12F2/c10-9(11)5-8-4-6-1-2-7(8)3-6/h5-8H,1-4H2/t6-,7-,8-/m1/s1. The average Bonchev–Trinajstić information content (AvgIpc) is 2.45. The molecule has 0 N–H and O–H groups in total. The van der Waals surface area contributed by atoms with Gasteiger partial charge >= 0.3 is 0 Å². The molecule has 2 fully saturated rings. The molecule has 0 radical (unpaired) electrons.